The smallest absolute Gasteiger partial charge is 0.238 e. The molecule has 0 aliphatic carbocycles. The fraction of sp³-hybridized carbons (Fsp3) is 0.304. The van der Waals surface area contributed by atoms with E-state index < -0.39 is 5.92 Å². The standard InChI is InChI=1S/C23H24FN3O2/c1-26(2)9-4-10-27-22-8-5-16(24)12-19(22)20(23(27)28)11-15-14-25-21-7-6-17(29-3)13-18(15)21/h5-8,11-14,20H,4,9-10H2,1-3H3/b15-11+. The number of hydrogen-bond donors (Lipinski definition) is 0. The van der Waals surface area contributed by atoms with Crippen molar-refractivity contribution >= 4 is 29.1 Å². The summed E-state index contributed by atoms with van der Waals surface area (Å²) in [5.74, 6) is -0.160. The number of hydrogen-bond acceptors (Lipinski definition) is 4. The SMILES string of the molecule is COc1ccc2c(c1)/C(=C/C1C(=O)N(CCCN(C)C)c3ccc(F)cc31)C=N2. The molecule has 4 rings (SSSR count). The van der Waals surface area contributed by atoms with Gasteiger partial charge < -0.3 is 14.5 Å². The zero-order valence-electron chi connectivity index (χ0n) is 16.9. The highest BCUT2D eigenvalue weighted by molar-refractivity contribution is 6.18. The summed E-state index contributed by atoms with van der Waals surface area (Å²) in [5.41, 5.74) is 4.10. The predicted octanol–water partition coefficient (Wildman–Crippen LogP) is 4.02. The average molecular weight is 393 g/mol. The van der Waals surface area contributed by atoms with E-state index in [1.54, 1.807) is 24.3 Å². The number of halogens is 1. The number of benzene rings is 2. The molecule has 0 bridgehead atoms. The van der Waals surface area contributed by atoms with Crippen LogP contribution in [0.25, 0.3) is 5.57 Å². The topological polar surface area (TPSA) is 45.1 Å². The van der Waals surface area contributed by atoms with Crippen LogP contribution < -0.4 is 9.64 Å². The number of rotatable bonds is 6. The third-order valence-corrected chi connectivity index (χ3v) is 5.34. The lowest BCUT2D eigenvalue weighted by molar-refractivity contribution is -0.118. The van der Waals surface area contributed by atoms with Gasteiger partial charge in [-0.3, -0.25) is 9.79 Å². The highest BCUT2D eigenvalue weighted by Gasteiger charge is 2.36. The number of methoxy groups -OCH3 is 1. The summed E-state index contributed by atoms with van der Waals surface area (Å²) in [4.78, 5) is 21.5. The summed E-state index contributed by atoms with van der Waals surface area (Å²) in [6.45, 7) is 1.49. The number of amides is 1. The molecule has 0 saturated heterocycles. The molecular formula is C23H24FN3O2. The number of ether oxygens (including phenoxy) is 1. The molecule has 6 heteroatoms. The van der Waals surface area contributed by atoms with Gasteiger partial charge in [0.05, 0.1) is 18.7 Å². The van der Waals surface area contributed by atoms with Crippen LogP contribution >= 0.6 is 0 Å². The normalized spacial score (nSPS) is 18.7. The average Bonchev–Trinajstić information content (AvgIpc) is 3.21. The van der Waals surface area contributed by atoms with Crippen LogP contribution in [0.4, 0.5) is 15.8 Å². The van der Waals surface area contributed by atoms with Gasteiger partial charge in [-0.15, -0.1) is 0 Å². The Kier molecular flexibility index (Phi) is 5.20. The van der Waals surface area contributed by atoms with Crippen molar-refractivity contribution < 1.29 is 13.9 Å². The Labute approximate surface area is 170 Å². The van der Waals surface area contributed by atoms with Crippen molar-refractivity contribution in [2.75, 3.05) is 39.2 Å². The van der Waals surface area contributed by atoms with E-state index in [9.17, 15) is 9.18 Å². The lowest BCUT2D eigenvalue weighted by Crippen LogP contribution is -2.31. The third kappa shape index (κ3) is 3.68. The number of allylic oxidation sites excluding steroid dienone is 1. The molecule has 2 aliphatic rings. The Hall–Kier alpha value is -2.99. The lowest BCUT2D eigenvalue weighted by atomic mass is 9.95. The Balaban J connectivity index is 1.69. The fourth-order valence-corrected chi connectivity index (χ4v) is 3.88. The zero-order chi connectivity index (χ0) is 20.5. The van der Waals surface area contributed by atoms with E-state index >= 15 is 0 Å². The van der Waals surface area contributed by atoms with Gasteiger partial charge in [-0.1, -0.05) is 6.08 Å². The molecule has 0 radical (unpaired) electrons. The Morgan fingerprint density at radius 3 is 2.83 bits per heavy atom. The number of carbonyl (C=O) groups is 1. The molecule has 2 heterocycles. The van der Waals surface area contributed by atoms with Crippen LogP contribution in [0.15, 0.2) is 47.5 Å². The van der Waals surface area contributed by atoms with Gasteiger partial charge in [0.1, 0.15) is 11.6 Å². The van der Waals surface area contributed by atoms with Crippen LogP contribution in [-0.2, 0) is 4.79 Å². The first kappa shape index (κ1) is 19.3. The van der Waals surface area contributed by atoms with Crippen molar-refractivity contribution in [3.8, 4) is 5.75 Å². The molecular weight excluding hydrogens is 369 g/mol. The molecule has 0 saturated carbocycles. The molecule has 0 aromatic heterocycles. The van der Waals surface area contributed by atoms with Crippen LogP contribution in [-0.4, -0.2) is 51.3 Å². The van der Waals surface area contributed by atoms with E-state index in [-0.39, 0.29) is 11.7 Å². The number of fused-ring (bicyclic) bond motifs is 2. The maximum atomic E-state index is 14.0. The van der Waals surface area contributed by atoms with Gasteiger partial charge in [0.2, 0.25) is 5.91 Å². The number of aliphatic imine (C=N–C) groups is 1. The molecule has 1 unspecified atom stereocenters. The Morgan fingerprint density at radius 2 is 2.07 bits per heavy atom. The van der Waals surface area contributed by atoms with E-state index in [4.69, 9.17) is 4.74 Å². The first-order chi connectivity index (χ1) is 14.0. The second-order valence-corrected chi connectivity index (χ2v) is 7.59. The van der Waals surface area contributed by atoms with Gasteiger partial charge in [-0.05, 0) is 74.6 Å². The van der Waals surface area contributed by atoms with Crippen molar-refractivity contribution in [1.29, 1.82) is 0 Å². The molecule has 150 valence electrons. The van der Waals surface area contributed by atoms with Crippen LogP contribution in [0.2, 0.25) is 0 Å². The summed E-state index contributed by atoms with van der Waals surface area (Å²) >= 11 is 0. The van der Waals surface area contributed by atoms with Crippen LogP contribution in [0.1, 0.15) is 23.5 Å². The zero-order valence-corrected chi connectivity index (χ0v) is 16.9. The lowest BCUT2D eigenvalue weighted by Gasteiger charge is -2.19. The molecule has 2 aromatic carbocycles. The largest absolute Gasteiger partial charge is 0.497 e. The molecule has 2 aliphatic heterocycles. The van der Waals surface area contributed by atoms with E-state index in [2.05, 4.69) is 9.89 Å². The summed E-state index contributed by atoms with van der Waals surface area (Å²) in [6, 6.07) is 10.3. The molecule has 29 heavy (non-hydrogen) atoms. The van der Waals surface area contributed by atoms with Gasteiger partial charge in [0.25, 0.3) is 0 Å². The van der Waals surface area contributed by atoms with E-state index in [0.717, 1.165) is 41.2 Å². The summed E-state index contributed by atoms with van der Waals surface area (Å²) in [7, 11) is 5.63. The molecule has 1 amide bonds. The molecule has 2 aromatic rings. The van der Waals surface area contributed by atoms with Crippen molar-refractivity contribution in [3.63, 3.8) is 0 Å². The molecule has 0 N–H and O–H groups in total. The summed E-state index contributed by atoms with van der Waals surface area (Å²) in [6.07, 6.45) is 4.49. The van der Waals surface area contributed by atoms with Crippen molar-refractivity contribution in [3.05, 3.63) is 59.4 Å². The molecule has 0 spiro atoms. The molecule has 1 atom stereocenters. The Bertz CT molecular complexity index is 1010. The number of anilines is 1. The number of nitrogens with zero attached hydrogens (tertiary/aromatic N) is 3. The van der Waals surface area contributed by atoms with Crippen LogP contribution in [0.5, 0.6) is 5.75 Å². The van der Waals surface area contributed by atoms with Crippen molar-refractivity contribution in [2.24, 2.45) is 4.99 Å². The van der Waals surface area contributed by atoms with Crippen molar-refractivity contribution in [2.45, 2.75) is 12.3 Å². The van der Waals surface area contributed by atoms with Crippen LogP contribution in [0, 0.1) is 5.82 Å². The van der Waals surface area contributed by atoms with Gasteiger partial charge >= 0.3 is 0 Å². The quantitative estimate of drug-likeness (QED) is 0.745. The monoisotopic (exact) mass is 393 g/mol. The summed E-state index contributed by atoms with van der Waals surface area (Å²) in [5, 5.41) is 0. The van der Waals surface area contributed by atoms with Gasteiger partial charge in [0.15, 0.2) is 0 Å². The minimum absolute atomic E-state index is 0.0263. The first-order valence-electron chi connectivity index (χ1n) is 9.68. The van der Waals surface area contributed by atoms with Gasteiger partial charge in [0, 0.05) is 24.0 Å². The maximum absolute atomic E-state index is 14.0. The minimum Gasteiger partial charge on any atom is -0.497 e. The van der Waals surface area contributed by atoms with Gasteiger partial charge in [-0.25, -0.2) is 4.39 Å². The maximum Gasteiger partial charge on any atom is 0.238 e. The fourth-order valence-electron chi connectivity index (χ4n) is 3.88. The highest BCUT2D eigenvalue weighted by Crippen LogP contribution is 2.42. The second-order valence-electron chi connectivity index (χ2n) is 7.59. The van der Waals surface area contributed by atoms with E-state index in [1.807, 2.05) is 38.4 Å². The van der Waals surface area contributed by atoms with Crippen LogP contribution in [0.3, 0.4) is 0 Å². The van der Waals surface area contributed by atoms with E-state index in [0.29, 0.717) is 12.1 Å². The molecule has 0 fully saturated rings. The van der Waals surface area contributed by atoms with Crippen molar-refractivity contribution in [1.82, 2.24) is 4.90 Å². The predicted molar refractivity (Wildman–Crippen MR) is 114 cm³/mol. The van der Waals surface area contributed by atoms with Gasteiger partial charge in [-0.2, -0.15) is 0 Å². The minimum atomic E-state index is -0.529. The first-order valence-corrected chi connectivity index (χ1v) is 9.68. The molecule has 5 nitrogen and oxygen atoms in total. The Morgan fingerprint density at radius 1 is 1.24 bits per heavy atom. The van der Waals surface area contributed by atoms with E-state index in [1.165, 1.54) is 12.1 Å². The highest BCUT2D eigenvalue weighted by atomic mass is 19.1. The third-order valence-electron chi connectivity index (χ3n) is 5.34. The number of carbonyl (C=O) groups excluding carboxylic acids is 1. The second kappa shape index (κ2) is 7.79. The summed E-state index contributed by atoms with van der Waals surface area (Å²) < 4.78 is 19.3.